The van der Waals surface area contributed by atoms with Gasteiger partial charge in [0.25, 0.3) is 0 Å². The van der Waals surface area contributed by atoms with Crippen LogP contribution in [0.2, 0.25) is 0 Å². The Hall–Kier alpha value is -1.02. The predicted molar refractivity (Wildman–Crippen MR) is 64.2 cm³/mol. The summed E-state index contributed by atoms with van der Waals surface area (Å²) in [6, 6.07) is 8.28. The maximum absolute atomic E-state index is 5.71. The summed E-state index contributed by atoms with van der Waals surface area (Å²) in [6.45, 7) is 5.80. The van der Waals surface area contributed by atoms with E-state index in [1.165, 1.54) is 5.56 Å². The van der Waals surface area contributed by atoms with Gasteiger partial charge in [0, 0.05) is 0 Å². The van der Waals surface area contributed by atoms with E-state index >= 15 is 0 Å². The largest absolute Gasteiger partial charge is 0.493 e. The topological polar surface area (TPSA) is 35.2 Å². The molecule has 1 rings (SSSR count). The summed E-state index contributed by atoms with van der Waals surface area (Å²) in [4.78, 5) is 0. The molecule has 0 aliphatic carbocycles. The van der Waals surface area contributed by atoms with E-state index < -0.39 is 0 Å². The molecule has 0 saturated carbocycles. The van der Waals surface area contributed by atoms with Crippen LogP contribution in [0.15, 0.2) is 24.3 Å². The van der Waals surface area contributed by atoms with Gasteiger partial charge in [-0.2, -0.15) is 0 Å². The van der Waals surface area contributed by atoms with E-state index in [0.717, 1.165) is 31.7 Å². The zero-order valence-electron chi connectivity index (χ0n) is 9.70. The Balaban J connectivity index is 2.43. The Labute approximate surface area is 92.4 Å². The second-order valence-corrected chi connectivity index (χ2v) is 3.99. The van der Waals surface area contributed by atoms with Crippen molar-refractivity contribution in [1.29, 1.82) is 0 Å². The molecule has 0 saturated heterocycles. The van der Waals surface area contributed by atoms with Crippen LogP contribution in [0.1, 0.15) is 25.8 Å². The fourth-order valence-corrected chi connectivity index (χ4v) is 1.46. The number of hydrogen-bond acceptors (Lipinski definition) is 2. The third kappa shape index (κ3) is 4.34. The molecule has 15 heavy (non-hydrogen) atoms. The molecule has 0 spiro atoms. The first-order valence-electron chi connectivity index (χ1n) is 5.68. The number of rotatable bonds is 6. The summed E-state index contributed by atoms with van der Waals surface area (Å²) < 4.78 is 5.71. The number of ether oxygens (including phenoxy) is 1. The fourth-order valence-electron chi connectivity index (χ4n) is 1.46. The van der Waals surface area contributed by atoms with E-state index in [0.29, 0.717) is 5.92 Å². The normalized spacial score (nSPS) is 12.5. The molecule has 1 aromatic rings. The van der Waals surface area contributed by atoms with Gasteiger partial charge in [0.15, 0.2) is 0 Å². The van der Waals surface area contributed by atoms with Crippen molar-refractivity contribution in [2.24, 2.45) is 11.7 Å². The Morgan fingerprint density at radius 1 is 1.40 bits per heavy atom. The number of nitrogens with two attached hydrogens (primary N) is 1. The van der Waals surface area contributed by atoms with Gasteiger partial charge in [-0.15, -0.1) is 0 Å². The molecule has 0 aromatic heterocycles. The average molecular weight is 207 g/mol. The molecule has 1 atom stereocenters. The highest BCUT2D eigenvalue weighted by Gasteiger charge is 2.02. The lowest BCUT2D eigenvalue weighted by Gasteiger charge is -2.12. The SMILES string of the molecule is CCc1cccc(OCC(C)CCN)c1. The Bertz CT molecular complexity index is 286. The zero-order chi connectivity index (χ0) is 11.1. The summed E-state index contributed by atoms with van der Waals surface area (Å²) in [5.41, 5.74) is 6.81. The predicted octanol–water partition coefficient (Wildman–Crippen LogP) is 2.61. The zero-order valence-corrected chi connectivity index (χ0v) is 9.70. The van der Waals surface area contributed by atoms with Crippen molar-refractivity contribution in [2.45, 2.75) is 26.7 Å². The van der Waals surface area contributed by atoms with Gasteiger partial charge in [0.2, 0.25) is 0 Å². The number of benzene rings is 1. The van der Waals surface area contributed by atoms with Crippen molar-refractivity contribution in [3.8, 4) is 5.75 Å². The first-order chi connectivity index (χ1) is 7.26. The van der Waals surface area contributed by atoms with Gasteiger partial charge < -0.3 is 10.5 Å². The molecule has 0 aliphatic heterocycles. The highest BCUT2D eigenvalue weighted by molar-refractivity contribution is 5.28. The minimum absolute atomic E-state index is 0.528. The molecular weight excluding hydrogens is 186 g/mol. The van der Waals surface area contributed by atoms with Crippen LogP contribution in [0, 0.1) is 5.92 Å². The molecule has 1 aromatic carbocycles. The van der Waals surface area contributed by atoms with Crippen molar-refractivity contribution >= 4 is 0 Å². The maximum Gasteiger partial charge on any atom is 0.119 e. The minimum atomic E-state index is 0.528. The first-order valence-corrected chi connectivity index (χ1v) is 5.68. The van der Waals surface area contributed by atoms with Gasteiger partial charge in [-0.05, 0) is 43.0 Å². The van der Waals surface area contributed by atoms with Crippen LogP contribution in [0.4, 0.5) is 0 Å². The standard InChI is InChI=1S/C13H21NO/c1-3-12-5-4-6-13(9-12)15-10-11(2)7-8-14/h4-6,9,11H,3,7-8,10,14H2,1-2H3. The smallest absolute Gasteiger partial charge is 0.119 e. The molecule has 2 N–H and O–H groups in total. The summed E-state index contributed by atoms with van der Waals surface area (Å²) in [6.07, 6.45) is 2.07. The highest BCUT2D eigenvalue weighted by atomic mass is 16.5. The van der Waals surface area contributed by atoms with Gasteiger partial charge in [0.05, 0.1) is 6.61 Å². The number of aryl methyl sites for hydroxylation is 1. The second kappa shape index (κ2) is 6.46. The molecule has 0 radical (unpaired) electrons. The Kier molecular flexibility index (Phi) is 5.19. The van der Waals surface area contributed by atoms with Crippen LogP contribution in [0.25, 0.3) is 0 Å². The summed E-state index contributed by atoms with van der Waals surface area (Å²) in [5, 5.41) is 0. The van der Waals surface area contributed by atoms with Crippen LogP contribution in [-0.2, 0) is 6.42 Å². The van der Waals surface area contributed by atoms with Gasteiger partial charge in [0.1, 0.15) is 5.75 Å². The van der Waals surface area contributed by atoms with Gasteiger partial charge in [-0.3, -0.25) is 0 Å². The molecule has 0 aliphatic rings. The summed E-state index contributed by atoms with van der Waals surface area (Å²) in [7, 11) is 0. The van der Waals surface area contributed by atoms with Gasteiger partial charge in [-0.25, -0.2) is 0 Å². The highest BCUT2D eigenvalue weighted by Crippen LogP contribution is 2.15. The van der Waals surface area contributed by atoms with Crippen LogP contribution >= 0.6 is 0 Å². The third-order valence-corrected chi connectivity index (χ3v) is 2.50. The van der Waals surface area contributed by atoms with E-state index in [1.807, 2.05) is 12.1 Å². The van der Waals surface area contributed by atoms with E-state index in [9.17, 15) is 0 Å². The van der Waals surface area contributed by atoms with E-state index in [-0.39, 0.29) is 0 Å². The lowest BCUT2D eigenvalue weighted by atomic mass is 10.1. The van der Waals surface area contributed by atoms with Crippen molar-refractivity contribution in [3.05, 3.63) is 29.8 Å². The third-order valence-electron chi connectivity index (χ3n) is 2.50. The van der Waals surface area contributed by atoms with Crippen molar-refractivity contribution in [2.75, 3.05) is 13.2 Å². The maximum atomic E-state index is 5.71. The van der Waals surface area contributed by atoms with Crippen LogP contribution in [0.3, 0.4) is 0 Å². The molecular formula is C13H21NO. The second-order valence-electron chi connectivity index (χ2n) is 3.99. The van der Waals surface area contributed by atoms with Crippen LogP contribution < -0.4 is 10.5 Å². The lowest BCUT2D eigenvalue weighted by molar-refractivity contribution is 0.254. The van der Waals surface area contributed by atoms with Crippen molar-refractivity contribution < 1.29 is 4.74 Å². The Morgan fingerprint density at radius 2 is 2.20 bits per heavy atom. The molecule has 0 fully saturated rings. The van der Waals surface area contributed by atoms with E-state index in [1.54, 1.807) is 0 Å². The molecule has 2 nitrogen and oxygen atoms in total. The fraction of sp³-hybridized carbons (Fsp3) is 0.538. The van der Waals surface area contributed by atoms with Crippen LogP contribution in [0.5, 0.6) is 5.75 Å². The van der Waals surface area contributed by atoms with E-state index in [2.05, 4.69) is 26.0 Å². The summed E-state index contributed by atoms with van der Waals surface area (Å²) in [5.74, 6) is 1.50. The molecule has 84 valence electrons. The molecule has 0 heterocycles. The number of hydrogen-bond donors (Lipinski definition) is 1. The van der Waals surface area contributed by atoms with Crippen molar-refractivity contribution in [1.82, 2.24) is 0 Å². The van der Waals surface area contributed by atoms with Gasteiger partial charge >= 0.3 is 0 Å². The van der Waals surface area contributed by atoms with Crippen molar-refractivity contribution in [3.63, 3.8) is 0 Å². The molecule has 0 amide bonds. The quantitative estimate of drug-likeness (QED) is 0.778. The van der Waals surface area contributed by atoms with Crippen LogP contribution in [-0.4, -0.2) is 13.2 Å². The minimum Gasteiger partial charge on any atom is -0.493 e. The van der Waals surface area contributed by atoms with E-state index in [4.69, 9.17) is 10.5 Å². The molecule has 2 heteroatoms. The average Bonchev–Trinajstić information content (AvgIpc) is 2.27. The summed E-state index contributed by atoms with van der Waals surface area (Å²) >= 11 is 0. The first kappa shape index (κ1) is 12.1. The monoisotopic (exact) mass is 207 g/mol. The molecule has 1 unspecified atom stereocenters. The van der Waals surface area contributed by atoms with Gasteiger partial charge in [-0.1, -0.05) is 26.0 Å². The Morgan fingerprint density at radius 3 is 2.87 bits per heavy atom. The molecule has 0 bridgehead atoms. The lowest BCUT2D eigenvalue weighted by Crippen LogP contribution is -2.13.